The van der Waals surface area contributed by atoms with Crippen molar-refractivity contribution >= 4 is 28.1 Å². The second kappa shape index (κ2) is 10.5. The summed E-state index contributed by atoms with van der Waals surface area (Å²) in [5.74, 6) is -1.57. The van der Waals surface area contributed by atoms with Gasteiger partial charge in [-0.1, -0.05) is 37.3 Å². The van der Waals surface area contributed by atoms with E-state index in [1.165, 1.54) is 17.4 Å². The number of fused-ring (bicyclic) bond motifs is 1. The number of hydrogen-bond acceptors (Lipinski definition) is 5. The lowest BCUT2D eigenvalue weighted by Crippen LogP contribution is -2.24. The fourth-order valence-corrected chi connectivity index (χ4v) is 4.86. The number of ether oxygens (including phenoxy) is 1. The lowest BCUT2D eigenvalue weighted by Gasteiger charge is -2.15. The quantitative estimate of drug-likeness (QED) is 0.249. The van der Waals surface area contributed by atoms with Crippen molar-refractivity contribution in [3.05, 3.63) is 107 Å². The average Bonchev–Trinajstić information content (AvgIpc) is 3.51. The molecule has 0 aliphatic rings. The van der Waals surface area contributed by atoms with E-state index in [4.69, 9.17) is 4.74 Å². The van der Waals surface area contributed by atoms with E-state index in [0.29, 0.717) is 28.6 Å². The van der Waals surface area contributed by atoms with E-state index < -0.39 is 11.6 Å². The van der Waals surface area contributed by atoms with E-state index in [1.807, 2.05) is 55.6 Å². The van der Waals surface area contributed by atoms with Crippen LogP contribution in [-0.2, 0) is 13.1 Å². The molecule has 0 aliphatic heterocycles. The summed E-state index contributed by atoms with van der Waals surface area (Å²) >= 11 is 1.39. The first kappa shape index (κ1) is 24.6. The normalized spacial score (nSPS) is 11.3. The first-order valence-corrected chi connectivity index (χ1v) is 12.6. The minimum Gasteiger partial charge on any atom is -0.431 e. The maximum absolute atomic E-state index is 13.7. The summed E-state index contributed by atoms with van der Waals surface area (Å²) < 4.78 is 35.0. The van der Waals surface area contributed by atoms with E-state index in [0.717, 1.165) is 34.4 Å². The third-order valence-corrected chi connectivity index (χ3v) is 6.60. The minimum atomic E-state index is -0.950. The Hall–Kier alpha value is -4.11. The molecular weight excluding hydrogens is 494 g/mol. The van der Waals surface area contributed by atoms with E-state index in [9.17, 15) is 13.6 Å². The molecule has 0 spiro atoms. The SMILES string of the molecule is CC(C)c1c(C(=O)NCc2ccc(F)c(F)c2)c2ccc(Oc3nccs3)cc2n1Cc1ccccn1. The van der Waals surface area contributed by atoms with E-state index in [-0.39, 0.29) is 18.4 Å². The van der Waals surface area contributed by atoms with Crippen LogP contribution in [0.25, 0.3) is 10.9 Å². The topological polar surface area (TPSA) is 69.0 Å². The van der Waals surface area contributed by atoms with Gasteiger partial charge in [0.1, 0.15) is 5.75 Å². The molecule has 6 nitrogen and oxygen atoms in total. The number of amides is 1. The van der Waals surface area contributed by atoms with E-state index in [1.54, 1.807) is 12.4 Å². The largest absolute Gasteiger partial charge is 0.431 e. The molecule has 37 heavy (non-hydrogen) atoms. The molecule has 0 unspecified atom stereocenters. The zero-order valence-electron chi connectivity index (χ0n) is 20.2. The van der Waals surface area contributed by atoms with Crippen molar-refractivity contribution in [3.63, 3.8) is 0 Å². The van der Waals surface area contributed by atoms with Crippen LogP contribution in [0.1, 0.15) is 47.1 Å². The van der Waals surface area contributed by atoms with Gasteiger partial charge in [-0.2, -0.15) is 0 Å². The number of halogens is 2. The number of rotatable bonds is 8. The van der Waals surface area contributed by atoms with Crippen molar-refractivity contribution < 1.29 is 18.3 Å². The molecule has 0 saturated carbocycles. The molecule has 0 saturated heterocycles. The van der Waals surface area contributed by atoms with Gasteiger partial charge in [0.05, 0.1) is 23.3 Å². The van der Waals surface area contributed by atoms with Gasteiger partial charge in [-0.3, -0.25) is 9.78 Å². The third kappa shape index (κ3) is 5.22. The predicted octanol–water partition coefficient (Wildman–Crippen LogP) is 6.67. The lowest BCUT2D eigenvalue weighted by atomic mass is 10.0. The molecule has 5 rings (SSSR count). The lowest BCUT2D eigenvalue weighted by molar-refractivity contribution is 0.0951. The van der Waals surface area contributed by atoms with Crippen molar-refractivity contribution in [1.29, 1.82) is 0 Å². The van der Waals surface area contributed by atoms with Crippen LogP contribution in [0.3, 0.4) is 0 Å². The summed E-state index contributed by atoms with van der Waals surface area (Å²) in [4.78, 5) is 22.2. The van der Waals surface area contributed by atoms with Gasteiger partial charge in [-0.15, -0.1) is 0 Å². The molecule has 9 heteroatoms. The number of thiazole rings is 1. The Balaban J connectivity index is 1.57. The molecule has 1 amide bonds. The van der Waals surface area contributed by atoms with Crippen LogP contribution in [0, 0.1) is 11.6 Å². The fourth-order valence-electron chi connectivity index (χ4n) is 4.36. The van der Waals surface area contributed by atoms with Crippen LogP contribution in [0.2, 0.25) is 0 Å². The molecule has 0 radical (unpaired) electrons. The number of carbonyl (C=O) groups is 1. The highest BCUT2D eigenvalue weighted by atomic mass is 32.1. The monoisotopic (exact) mass is 518 g/mol. The third-order valence-electron chi connectivity index (χ3n) is 5.95. The Morgan fingerprint density at radius 2 is 1.92 bits per heavy atom. The van der Waals surface area contributed by atoms with Crippen LogP contribution >= 0.6 is 11.3 Å². The fraction of sp³-hybridized carbons (Fsp3) is 0.179. The summed E-state index contributed by atoms with van der Waals surface area (Å²) in [6, 6.07) is 14.9. The maximum atomic E-state index is 13.7. The second-order valence-electron chi connectivity index (χ2n) is 8.83. The second-order valence-corrected chi connectivity index (χ2v) is 9.69. The number of hydrogen-bond donors (Lipinski definition) is 1. The first-order valence-electron chi connectivity index (χ1n) is 11.8. The molecule has 2 aromatic carbocycles. The molecule has 188 valence electrons. The highest BCUT2D eigenvalue weighted by Crippen LogP contribution is 2.35. The smallest absolute Gasteiger partial charge is 0.278 e. The summed E-state index contributed by atoms with van der Waals surface area (Å²) in [7, 11) is 0. The van der Waals surface area contributed by atoms with Crippen LogP contribution in [0.4, 0.5) is 8.78 Å². The van der Waals surface area contributed by atoms with Crippen molar-refractivity contribution in [1.82, 2.24) is 19.9 Å². The van der Waals surface area contributed by atoms with Crippen molar-refractivity contribution in [3.8, 4) is 10.9 Å². The molecule has 5 aromatic rings. The standard InChI is InChI=1S/C28H24F2N4O2S/c1-17(2)26-25(27(35)33-15-18-6-9-22(29)23(30)13-18)21-8-7-20(36-28-32-11-12-37-28)14-24(21)34(26)16-19-5-3-4-10-31-19/h3-14,17H,15-16H2,1-2H3,(H,33,35). The van der Waals surface area contributed by atoms with Gasteiger partial charge in [-0.05, 0) is 47.9 Å². The van der Waals surface area contributed by atoms with Crippen LogP contribution < -0.4 is 10.1 Å². The Bertz CT molecular complexity index is 1550. The Morgan fingerprint density at radius 1 is 1.05 bits per heavy atom. The highest BCUT2D eigenvalue weighted by molar-refractivity contribution is 7.11. The number of nitrogens with zero attached hydrogens (tertiary/aromatic N) is 3. The van der Waals surface area contributed by atoms with Gasteiger partial charge in [0.2, 0.25) is 0 Å². The zero-order valence-corrected chi connectivity index (χ0v) is 21.1. The summed E-state index contributed by atoms with van der Waals surface area (Å²) in [5, 5.41) is 6.00. The van der Waals surface area contributed by atoms with Gasteiger partial charge in [0, 0.05) is 41.5 Å². The molecule has 0 fully saturated rings. The molecule has 3 aromatic heterocycles. The molecule has 0 bridgehead atoms. The Morgan fingerprint density at radius 3 is 2.62 bits per heavy atom. The molecule has 0 atom stereocenters. The zero-order chi connectivity index (χ0) is 25.9. The predicted molar refractivity (Wildman–Crippen MR) is 139 cm³/mol. The molecule has 0 aliphatic carbocycles. The van der Waals surface area contributed by atoms with E-state index >= 15 is 0 Å². The van der Waals surface area contributed by atoms with Crippen LogP contribution in [0.5, 0.6) is 10.9 Å². The molecule has 3 heterocycles. The number of carbonyl (C=O) groups excluding carboxylic acids is 1. The Labute approximate surface area is 216 Å². The van der Waals surface area contributed by atoms with Gasteiger partial charge in [-0.25, -0.2) is 13.8 Å². The number of aromatic nitrogens is 3. The maximum Gasteiger partial charge on any atom is 0.278 e. The summed E-state index contributed by atoms with van der Waals surface area (Å²) in [6.45, 7) is 4.58. The molecular formula is C28H24F2N4O2S. The van der Waals surface area contributed by atoms with E-state index in [2.05, 4.69) is 19.9 Å². The van der Waals surface area contributed by atoms with Crippen molar-refractivity contribution in [2.45, 2.75) is 32.9 Å². The highest BCUT2D eigenvalue weighted by Gasteiger charge is 2.25. The molecule has 1 N–H and O–H groups in total. The number of benzene rings is 2. The Kier molecular flexibility index (Phi) is 6.96. The summed E-state index contributed by atoms with van der Waals surface area (Å²) in [6.07, 6.45) is 3.41. The van der Waals surface area contributed by atoms with Crippen molar-refractivity contribution in [2.24, 2.45) is 0 Å². The average molecular weight is 519 g/mol. The number of pyridine rings is 1. The van der Waals surface area contributed by atoms with Gasteiger partial charge >= 0.3 is 0 Å². The van der Waals surface area contributed by atoms with Gasteiger partial charge in [0.25, 0.3) is 11.1 Å². The van der Waals surface area contributed by atoms with Gasteiger partial charge < -0.3 is 14.6 Å². The van der Waals surface area contributed by atoms with Crippen LogP contribution in [-0.4, -0.2) is 20.4 Å². The van der Waals surface area contributed by atoms with Gasteiger partial charge in [0.15, 0.2) is 11.6 Å². The first-order chi connectivity index (χ1) is 17.9. The van der Waals surface area contributed by atoms with Crippen molar-refractivity contribution in [2.75, 3.05) is 0 Å². The summed E-state index contributed by atoms with van der Waals surface area (Å²) in [5.41, 5.74) is 3.51. The minimum absolute atomic E-state index is 0.00320. The number of nitrogens with one attached hydrogen (secondary N) is 1. The van der Waals surface area contributed by atoms with Crippen LogP contribution in [0.15, 0.2) is 72.4 Å².